The Morgan fingerprint density at radius 1 is 1.42 bits per heavy atom. The van der Waals surface area contributed by atoms with Gasteiger partial charge in [-0.1, -0.05) is 23.2 Å². The molecule has 0 amide bonds. The summed E-state index contributed by atoms with van der Waals surface area (Å²) in [7, 11) is 0. The van der Waals surface area contributed by atoms with Gasteiger partial charge >= 0.3 is 5.97 Å². The van der Waals surface area contributed by atoms with Gasteiger partial charge in [-0.05, 0) is 32.0 Å². The lowest BCUT2D eigenvalue weighted by Gasteiger charge is -1.99. The summed E-state index contributed by atoms with van der Waals surface area (Å²) in [5.74, 6) is 0.141. The van der Waals surface area contributed by atoms with E-state index in [9.17, 15) is 4.79 Å². The third kappa shape index (κ3) is 2.91. The number of ether oxygens (including phenoxy) is 1. The van der Waals surface area contributed by atoms with Gasteiger partial charge in [0.2, 0.25) is 5.89 Å². The zero-order valence-corrected chi connectivity index (χ0v) is 11.9. The standard InChI is InChI=1S/C13H11Cl2NO3/c1-3-18-13(17)11-7(2)19-12(16-11)9-5-4-8(14)6-10(9)15/h4-6H,3H2,1-2H3. The summed E-state index contributed by atoms with van der Waals surface area (Å²) in [6.45, 7) is 3.65. The number of hydrogen-bond acceptors (Lipinski definition) is 4. The molecule has 1 aromatic heterocycles. The van der Waals surface area contributed by atoms with Crippen LogP contribution in [0, 0.1) is 6.92 Å². The van der Waals surface area contributed by atoms with Crippen LogP contribution < -0.4 is 0 Å². The number of oxazole rings is 1. The van der Waals surface area contributed by atoms with Crippen LogP contribution in [0.4, 0.5) is 0 Å². The topological polar surface area (TPSA) is 52.3 Å². The molecule has 0 unspecified atom stereocenters. The molecule has 0 aliphatic carbocycles. The minimum absolute atomic E-state index is 0.155. The normalized spacial score (nSPS) is 10.5. The third-order valence-corrected chi connectivity index (χ3v) is 2.97. The van der Waals surface area contributed by atoms with E-state index in [1.807, 2.05) is 0 Å². The number of aryl methyl sites for hydroxylation is 1. The first-order chi connectivity index (χ1) is 9.02. The molecule has 100 valence electrons. The van der Waals surface area contributed by atoms with Crippen molar-refractivity contribution in [2.75, 3.05) is 6.61 Å². The van der Waals surface area contributed by atoms with Crippen molar-refractivity contribution in [1.29, 1.82) is 0 Å². The highest BCUT2D eigenvalue weighted by Crippen LogP contribution is 2.31. The summed E-state index contributed by atoms with van der Waals surface area (Å²) < 4.78 is 10.3. The number of nitrogens with zero attached hydrogens (tertiary/aromatic N) is 1. The van der Waals surface area contributed by atoms with Gasteiger partial charge in [-0.3, -0.25) is 0 Å². The maximum Gasteiger partial charge on any atom is 0.360 e. The first kappa shape index (κ1) is 13.9. The first-order valence-electron chi connectivity index (χ1n) is 5.63. The number of rotatable bonds is 3. The maximum atomic E-state index is 11.7. The third-order valence-electron chi connectivity index (χ3n) is 2.43. The number of carbonyl (C=O) groups is 1. The van der Waals surface area contributed by atoms with Crippen molar-refractivity contribution in [3.8, 4) is 11.5 Å². The van der Waals surface area contributed by atoms with E-state index in [-0.39, 0.29) is 18.2 Å². The average molecular weight is 300 g/mol. The summed E-state index contributed by atoms with van der Waals surface area (Å²) in [6.07, 6.45) is 0. The van der Waals surface area contributed by atoms with Crippen molar-refractivity contribution < 1.29 is 13.9 Å². The van der Waals surface area contributed by atoms with Crippen LogP contribution in [0.5, 0.6) is 0 Å². The van der Waals surface area contributed by atoms with Crippen LogP contribution in [0.3, 0.4) is 0 Å². The second-order valence-electron chi connectivity index (χ2n) is 3.77. The summed E-state index contributed by atoms with van der Waals surface area (Å²) in [5, 5.41) is 0.923. The first-order valence-corrected chi connectivity index (χ1v) is 6.38. The summed E-state index contributed by atoms with van der Waals surface area (Å²) in [4.78, 5) is 15.8. The monoisotopic (exact) mass is 299 g/mol. The summed E-state index contributed by atoms with van der Waals surface area (Å²) >= 11 is 11.9. The minimum atomic E-state index is -0.514. The minimum Gasteiger partial charge on any atom is -0.461 e. The Labute approximate surface area is 120 Å². The fourth-order valence-corrected chi connectivity index (χ4v) is 2.05. The number of aromatic nitrogens is 1. The van der Waals surface area contributed by atoms with E-state index in [0.717, 1.165) is 0 Å². The number of esters is 1. The zero-order valence-electron chi connectivity index (χ0n) is 10.4. The van der Waals surface area contributed by atoms with Crippen LogP contribution in [0.2, 0.25) is 10.0 Å². The molecule has 0 bridgehead atoms. The van der Waals surface area contributed by atoms with E-state index in [1.165, 1.54) is 0 Å². The molecule has 0 N–H and O–H groups in total. The van der Waals surface area contributed by atoms with Gasteiger partial charge in [-0.15, -0.1) is 0 Å². The van der Waals surface area contributed by atoms with Crippen LogP contribution in [-0.2, 0) is 4.74 Å². The predicted molar refractivity (Wildman–Crippen MR) is 72.7 cm³/mol. The number of benzene rings is 1. The fraction of sp³-hybridized carbons (Fsp3) is 0.231. The van der Waals surface area contributed by atoms with Gasteiger partial charge in [0, 0.05) is 5.02 Å². The molecule has 0 atom stereocenters. The van der Waals surface area contributed by atoms with Crippen molar-refractivity contribution in [2.45, 2.75) is 13.8 Å². The van der Waals surface area contributed by atoms with E-state index in [0.29, 0.717) is 21.4 Å². The van der Waals surface area contributed by atoms with Gasteiger partial charge in [-0.2, -0.15) is 0 Å². The van der Waals surface area contributed by atoms with Gasteiger partial charge in [-0.25, -0.2) is 9.78 Å². The quantitative estimate of drug-likeness (QED) is 0.800. The molecular weight excluding hydrogens is 289 g/mol. The average Bonchev–Trinajstić information content (AvgIpc) is 2.71. The van der Waals surface area contributed by atoms with Crippen LogP contribution >= 0.6 is 23.2 Å². The Morgan fingerprint density at radius 3 is 2.79 bits per heavy atom. The van der Waals surface area contributed by atoms with Crippen molar-refractivity contribution in [1.82, 2.24) is 4.98 Å². The van der Waals surface area contributed by atoms with Gasteiger partial charge in [0.1, 0.15) is 5.76 Å². The molecule has 4 nitrogen and oxygen atoms in total. The largest absolute Gasteiger partial charge is 0.461 e. The van der Waals surface area contributed by atoms with Crippen LogP contribution in [0.15, 0.2) is 22.6 Å². The van der Waals surface area contributed by atoms with Crippen LogP contribution in [0.25, 0.3) is 11.5 Å². The Hall–Kier alpha value is -1.52. The molecule has 1 heterocycles. The highest BCUT2D eigenvalue weighted by molar-refractivity contribution is 6.36. The van der Waals surface area contributed by atoms with Crippen molar-refractivity contribution in [2.24, 2.45) is 0 Å². The van der Waals surface area contributed by atoms with E-state index in [4.69, 9.17) is 32.4 Å². The molecule has 1 aromatic carbocycles. The maximum absolute atomic E-state index is 11.7. The second-order valence-corrected chi connectivity index (χ2v) is 4.61. The number of hydrogen-bond donors (Lipinski definition) is 0. The summed E-state index contributed by atoms with van der Waals surface area (Å²) in [6, 6.07) is 4.94. The molecule has 0 aliphatic heterocycles. The summed E-state index contributed by atoms with van der Waals surface area (Å²) in [5.41, 5.74) is 0.729. The van der Waals surface area contributed by atoms with E-state index >= 15 is 0 Å². The predicted octanol–water partition coefficient (Wildman–Crippen LogP) is 4.13. The Morgan fingerprint density at radius 2 is 2.16 bits per heavy atom. The molecule has 19 heavy (non-hydrogen) atoms. The molecule has 0 aliphatic rings. The van der Waals surface area contributed by atoms with Gasteiger partial charge in [0.25, 0.3) is 0 Å². The molecule has 0 spiro atoms. The molecule has 6 heteroatoms. The molecule has 2 rings (SSSR count). The fourth-order valence-electron chi connectivity index (χ4n) is 1.56. The number of carbonyl (C=O) groups excluding carboxylic acids is 1. The van der Waals surface area contributed by atoms with E-state index in [2.05, 4.69) is 4.98 Å². The van der Waals surface area contributed by atoms with Crippen LogP contribution in [0.1, 0.15) is 23.2 Å². The lowest BCUT2D eigenvalue weighted by Crippen LogP contribution is -2.06. The Bertz CT molecular complexity index is 622. The molecule has 0 saturated carbocycles. The van der Waals surface area contributed by atoms with Gasteiger partial charge < -0.3 is 9.15 Å². The molecular formula is C13H11Cl2NO3. The second kappa shape index (κ2) is 5.63. The SMILES string of the molecule is CCOC(=O)c1nc(-c2ccc(Cl)cc2Cl)oc1C. The lowest BCUT2D eigenvalue weighted by atomic mass is 10.2. The highest BCUT2D eigenvalue weighted by Gasteiger charge is 2.20. The Kier molecular flexibility index (Phi) is 4.12. The van der Waals surface area contributed by atoms with Crippen molar-refractivity contribution >= 4 is 29.2 Å². The zero-order chi connectivity index (χ0) is 14.0. The van der Waals surface area contributed by atoms with Crippen molar-refractivity contribution in [3.63, 3.8) is 0 Å². The Balaban J connectivity index is 2.42. The molecule has 0 fully saturated rings. The lowest BCUT2D eigenvalue weighted by molar-refractivity contribution is 0.0518. The van der Waals surface area contributed by atoms with Gasteiger partial charge in [0.15, 0.2) is 5.69 Å². The smallest absolute Gasteiger partial charge is 0.360 e. The van der Waals surface area contributed by atoms with Crippen LogP contribution in [-0.4, -0.2) is 17.6 Å². The van der Waals surface area contributed by atoms with E-state index < -0.39 is 5.97 Å². The van der Waals surface area contributed by atoms with E-state index in [1.54, 1.807) is 32.0 Å². The molecule has 2 aromatic rings. The van der Waals surface area contributed by atoms with Gasteiger partial charge in [0.05, 0.1) is 17.2 Å². The number of halogens is 2. The molecule has 0 radical (unpaired) electrons. The van der Waals surface area contributed by atoms with Crippen molar-refractivity contribution in [3.05, 3.63) is 39.7 Å². The highest BCUT2D eigenvalue weighted by atomic mass is 35.5. The molecule has 0 saturated heterocycles.